The molecule has 2 N–H and O–H groups in total. The predicted molar refractivity (Wildman–Crippen MR) is 92.1 cm³/mol. The number of H-pyrrole nitrogens is 1. The number of aryl methyl sites for hydroxylation is 1. The molecule has 0 saturated carbocycles. The van der Waals surface area contributed by atoms with Crippen LogP contribution in [0.3, 0.4) is 0 Å². The van der Waals surface area contributed by atoms with Crippen LogP contribution in [0.1, 0.15) is 51.4 Å². The fourth-order valence-electron chi connectivity index (χ4n) is 3.07. The Morgan fingerprint density at radius 2 is 1.96 bits per heavy atom. The number of nitrogens with zero attached hydrogens (tertiary/aromatic N) is 1. The molecule has 7 heteroatoms. The van der Waals surface area contributed by atoms with Gasteiger partial charge in [0.1, 0.15) is 5.75 Å². The van der Waals surface area contributed by atoms with E-state index < -0.39 is 5.97 Å². The highest BCUT2D eigenvalue weighted by molar-refractivity contribution is 6.05. The van der Waals surface area contributed by atoms with Crippen LogP contribution in [0.2, 0.25) is 0 Å². The van der Waals surface area contributed by atoms with Crippen LogP contribution in [0.15, 0.2) is 18.2 Å². The minimum absolute atomic E-state index is 0.288. The number of rotatable bonds is 4. The maximum Gasteiger partial charge on any atom is 0.337 e. The molecular weight excluding hydrogens is 322 g/mol. The molecule has 1 aromatic carbocycles. The highest BCUT2D eigenvalue weighted by Crippen LogP contribution is 2.28. The van der Waals surface area contributed by atoms with Gasteiger partial charge >= 0.3 is 5.97 Å². The molecular formula is C18H21N3O4. The predicted octanol–water partition coefficient (Wildman–Crippen LogP) is 2.73. The second kappa shape index (κ2) is 7.38. The van der Waals surface area contributed by atoms with Crippen molar-refractivity contribution in [1.29, 1.82) is 0 Å². The third kappa shape index (κ3) is 3.50. The molecule has 0 bridgehead atoms. The van der Waals surface area contributed by atoms with Crippen molar-refractivity contribution >= 4 is 17.6 Å². The van der Waals surface area contributed by atoms with Crippen molar-refractivity contribution in [2.75, 3.05) is 19.5 Å². The number of amides is 1. The number of carbonyl (C=O) groups is 2. The lowest BCUT2D eigenvalue weighted by atomic mass is 10.1. The highest BCUT2D eigenvalue weighted by Gasteiger charge is 2.22. The minimum Gasteiger partial charge on any atom is -0.495 e. The molecule has 3 rings (SSSR count). The van der Waals surface area contributed by atoms with Gasteiger partial charge in [0.15, 0.2) is 5.69 Å². The molecule has 1 aromatic heterocycles. The van der Waals surface area contributed by atoms with Crippen molar-refractivity contribution in [1.82, 2.24) is 10.2 Å². The number of hydrogen-bond acceptors (Lipinski definition) is 5. The van der Waals surface area contributed by atoms with E-state index in [0.717, 1.165) is 43.4 Å². The second-order valence-electron chi connectivity index (χ2n) is 5.95. The van der Waals surface area contributed by atoms with Crippen LogP contribution in [-0.2, 0) is 17.6 Å². The van der Waals surface area contributed by atoms with Gasteiger partial charge < -0.3 is 14.8 Å². The fourth-order valence-corrected chi connectivity index (χ4v) is 3.07. The zero-order chi connectivity index (χ0) is 17.8. The molecule has 0 atom stereocenters. The summed E-state index contributed by atoms with van der Waals surface area (Å²) in [6, 6.07) is 4.73. The zero-order valence-electron chi connectivity index (χ0n) is 14.3. The monoisotopic (exact) mass is 343 g/mol. The van der Waals surface area contributed by atoms with Crippen LogP contribution >= 0.6 is 0 Å². The second-order valence-corrected chi connectivity index (χ2v) is 5.95. The van der Waals surface area contributed by atoms with E-state index in [1.54, 1.807) is 12.1 Å². The smallest absolute Gasteiger partial charge is 0.337 e. The third-order valence-electron chi connectivity index (χ3n) is 4.39. The Bertz CT molecular complexity index is 798. The van der Waals surface area contributed by atoms with Gasteiger partial charge in [0.2, 0.25) is 0 Å². The molecule has 0 spiro atoms. The number of hydrogen-bond donors (Lipinski definition) is 2. The summed E-state index contributed by atoms with van der Waals surface area (Å²) in [5.41, 5.74) is 3.31. The maximum atomic E-state index is 12.7. The van der Waals surface area contributed by atoms with Gasteiger partial charge in [0, 0.05) is 11.3 Å². The molecule has 2 aromatic rings. The number of fused-ring (bicyclic) bond motifs is 1. The topological polar surface area (TPSA) is 93.3 Å². The highest BCUT2D eigenvalue weighted by atomic mass is 16.5. The molecule has 25 heavy (non-hydrogen) atoms. The Morgan fingerprint density at radius 3 is 2.72 bits per heavy atom. The first-order valence-corrected chi connectivity index (χ1v) is 8.28. The minimum atomic E-state index is -0.464. The van der Waals surface area contributed by atoms with Crippen molar-refractivity contribution in [3.05, 3.63) is 40.7 Å². The van der Waals surface area contributed by atoms with Crippen molar-refractivity contribution < 1.29 is 19.1 Å². The van der Waals surface area contributed by atoms with Crippen LogP contribution in [-0.4, -0.2) is 36.3 Å². The van der Waals surface area contributed by atoms with Crippen molar-refractivity contribution in [3.8, 4) is 5.75 Å². The van der Waals surface area contributed by atoms with E-state index in [9.17, 15) is 9.59 Å². The quantitative estimate of drug-likeness (QED) is 0.658. The number of ether oxygens (including phenoxy) is 2. The summed E-state index contributed by atoms with van der Waals surface area (Å²) >= 11 is 0. The van der Waals surface area contributed by atoms with E-state index in [0.29, 0.717) is 22.7 Å². The van der Waals surface area contributed by atoms with Crippen LogP contribution in [0, 0.1) is 0 Å². The van der Waals surface area contributed by atoms with E-state index in [-0.39, 0.29) is 5.91 Å². The van der Waals surface area contributed by atoms with Crippen molar-refractivity contribution in [2.45, 2.75) is 32.1 Å². The zero-order valence-corrected chi connectivity index (χ0v) is 14.3. The number of aromatic amines is 1. The van der Waals surface area contributed by atoms with Crippen LogP contribution < -0.4 is 10.1 Å². The average molecular weight is 343 g/mol. The van der Waals surface area contributed by atoms with Crippen molar-refractivity contribution in [3.63, 3.8) is 0 Å². The number of nitrogens with one attached hydrogen (secondary N) is 2. The van der Waals surface area contributed by atoms with Crippen LogP contribution in [0.5, 0.6) is 5.75 Å². The Kier molecular flexibility index (Phi) is 5.02. The summed E-state index contributed by atoms with van der Waals surface area (Å²) in [4.78, 5) is 24.3. The standard InChI is InChI=1S/C18H21N3O4/c1-24-15-10-11(18(23)25-2)8-9-14(15)19-17(22)16-12-6-4-3-5-7-13(12)20-21-16/h8-10H,3-7H2,1-2H3,(H,19,22)(H,20,21). The number of esters is 1. The SMILES string of the molecule is COC(=O)c1ccc(NC(=O)c2n[nH]c3c2CCCCC3)c(OC)c1. The normalized spacial score (nSPS) is 13.5. The summed E-state index contributed by atoms with van der Waals surface area (Å²) in [6.07, 6.45) is 5.11. The molecule has 132 valence electrons. The summed E-state index contributed by atoms with van der Waals surface area (Å²) < 4.78 is 9.97. The van der Waals surface area contributed by atoms with Crippen LogP contribution in [0.25, 0.3) is 0 Å². The molecule has 1 aliphatic carbocycles. The van der Waals surface area contributed by atoms with Gasteiger partial charge in [-0.1, -0.05) is 6.42 Å². The van der Waals surface area contributed by atoms with Gasteiger partial charge in [-0.25, -0.2) is 4.79 Å². The first-order valence-electron chi connectivity index (χ1n) is 8.28. The van der Waals surface area contributed by atoms with E-state index in [1.807, 2.05) is 0 Å². The number of anilines is 1. The molecule has 1 aliphatic rings. The Labute approximate surface area is 145 Å². The van der Waals surface area contributed by atoms with E-state index >= 15 is 0 Å². The van der Waals surface area contributed by atoms with Gasteiger partial charge in [-0.05, 0) is 43.9 Å². The van der Waals surface area contributed by atoms with Gasteiger partial charge in [0.25, 0.3) is 5.91 Å². The molecule has 0 radical (unpaired) electrons. The van der Waals surface area contributed by atoms with E-state index in [1.165, 1.54) is 20.3 Å². The Hall–Kier alpha value is -2.83. The summed E-state index contributed by atoms with van der Waals surface area (Å²) in [5.74, 6) is -0.366. The lowest BCUT2D eigenvalue weighted by Crippen LogP contribution is -2.15. The first-order chi connectivity index (χ1) is 12.1. The number of methoxy groups -OCH3 is 2. The average Bonchev–Trinajstić information content (AvgIpc) is 2.90. The number of benzene rings is 1. The lowest BCUT2D eigenvalue weighted by molar-refractivity contribution is 0.0600. The molecule has 1 heterocycles. The Morgan fingerprint density at radius 1 is 1.16 bits per heavy atom. The third-order valence-corrected chi connectivity index (χ3v) is 4.39. The van der Waals surface area contributed by atoms with E-state index in [2.05, 4.69) is 15.5 Å². The summed E-state index contributed by atoms with van der Waals surface area (Å²) in [7, 11) is 2.79. The lowest BCUT2D eigenvalue weighted by Gasteiger charge is -2.11. The molecule has 0 aliphatic heterocycles. The summed E-state index contributed by atoms with van der Waals surface area (Å²) in [6.45, 7) is 0. The largest absolute Gasteiger partial charge is 0.495 e. The molecule has 0 unspecified atom stereocenters. The number of aromatic nitrogens is 2. The fraction of sp³-hybridized carbons (Fsp3) is 0.389. The summed E-state index contributed by atoms with van der Waals surface area (Å²) in [5, 5.41) is 10.0. The van der Waals surface area contributed by atoms with Gasteiger partial charge in [-0.3, -0.25) is 9.89 Å². The molecule has 7 nitrogen and oxygen atoms in total. The van der Waals surface area contributed by atoms with E-state index in [4.69, 9.17) is 9.47 Å². The van der Waals surface area contributed by atoms with Gasteiger partial charge in [-0.2, -0.15) is 5.10 Å². The maximum absolute atomic E-state index is 12.7. The Balaban J connectivity index is 1.84. The van der Waals surface area contributed by atoms with Crippen molar-refractivity contribution in [2.24, 2.45) is 0 Å². The molecule has 0 fully saturated rings. The molecule has 0 saturated heterocycles. The van der Waals surface area contributed by atoms with Gasteiger partial charge in [0.05, 0.1) is 25.5 Å². The first kappa shape index (κ1) is 17.0. The molecule has 1 amide bonds. The number of carbonyl (C=O) groups excluding carboxylic acids is 2. The van der Waals surface area contributed by atoms with Gasteiger partial charge in [-0.15, -0.1) is 0 Å². The van der Waals surface area contributed by atoms with Crippen LogP contribution in [0.4, 0.5) is 5.69 Å².